The van der Waals surface area contributed by atoms with Crippen LogP contribution in [-0.2, 0) is 11.3 Å². The highest BCUT2D eigenvalue weighted by molar-refractivity contribution is 6.10. The molecule has 1 aromatic heterocycles. The first-order chi connectivity index (χ1) is 18.9. The van der Waals surface area contributed by atoms with E-state index in [9.17, 15) is 19.6 Å². The average Bonchev–Trinajstić information content (AvgIpc) is 3.42. The molecular weight excluding hydrogens is 502 g/mol. The molecule has 1 atom stereocenters. The van der Waals surface area contributed by atoms with E-state index in [2.05, 4.69) is 44.4 Å². The fourth-order valence-corrected chi connectivity index (χ4v) is 5.00. The van der Waals surface area contributed by atoms with E-state index in [-0.39, 0.29) is 19.0 Å². The Balaban J connectivity index is 1.39. The molecule has 12 heteroatoms. The number of piperazine rings is 1. The number of likely N-dealkylation sites (N-methyl/N-ethyl adjacent to an activating group) is 1. The number of hydrogen-bond acceptors (Lipinski definition) is 8. The number of benzene rings is 1. The number of nitrogens with one attached hydrogen (secondary N) is 2. The highest BCUT2D eigenvalue weighted by Crippen LogP contribution is 2.28. The molecule has 3 N–H and O–H groups in total. The topological polar surface area (TPSA) is 140 Å². The zero-order valence-corrected chi connectivity index (χ0v) is 21.7. The van der Waals surface area contributed by atoms with E-state index in [1.165, 1.54) is 18.2 Å². The molecule has 0 radical (unpaired) electrons. The van der Waals surface area contributed by atoms with Gasteiger partial charge in [-0.3, -0.25) is 19.9 Å². The number of ether oxygens (including phenoxy) is 1. The van der Waals surface area contributed by atoms with Gasteiger partial charge in [0.25, 0.3) is 11.8 Å². The molecule has 202 valence electrons. The van der Waals surface area contributed by atoms with Gasteiger partial charge in [-0.15, -0.1) is 0 Å². The first-order valence-electron chi connectivity index (χ1n) is 12.6. The molecule has 39 heavy (non-hydrogen) atoms. The molecule has 0 saturated carbocycles. The second-order valence-electron chi connectivity index (χ2n) is 9.56. The summed E-state index contributed by atoms with van der Waals surface area (Å²) in [5, 5.41) is 18.1. The van der Waals surface area contributed by atoms with Gasteiger partial charge in [0.15, 0.2) is 5.84 Å². The van der Waals surface area contributed by atoms with Crippen LogP contribution in [0, 0.1) is 11.8 Å². The smallest absolute Gasteiger partial charge is 0.323 e. The van der Waals surface area contributed by atoms with Gasteiger partial charge in [0.05, 0.1) is 13.7 Å². The van der Waals surface area contributed by atoms with Gasteiger partial charge < -0.3 is 30.0 Å². The van der Waals surface area contributed by atoms with Crippen molar-refractivity contribution in [2.24, 2.45) is 5.16 Å². The molecule has 12 nitrogen and oxygen atoms in total. The van der Waals surface area contributed by atoms with Crippen molar-refractivity contribution in [1.29, 1.82) is 0 Å². The van der Waals surface area contributed by atoms with Crippen molar-refractivity contribution in [2.75, 3.05) is 46.4 Å². The normalized spacial score (nSPS) is 21.3. The third-order valence-electron chi connectivity index (χ3n) is 7.20. The number of aromatic nitrogens is 1. The minimum absolute atomic E-state index is 0.147. The highest BCUT2D eigenvalue weighted by Gasteiger charge is 2.48. The summed E-state index contributed by atoms with van der Waals surface area (Å²) in [5.41, 5.74) is 0.646. The van der Waals surface area contributed by atoms with Crippen LogP contribution in [0.2, 0.25) is 0 Å². The molecule has 2 fully saturated rings. The van der Waals surface area contributed by atoms with Gasteiger partial charge in [-0.2, -0.15) is 0 Å². The summed E-state index contributed by atoms with van der Waals surface area (Å²) in [6.07, 6.45) is 3.10. The molecule has 1 aromatic carbocycles. The summed E-state index contributed by atoms with van der Waals surface area (Å²) in [5.74, 6) is 5.84. The number of imide groups is 1. The van der Waals surface area contributed by atoms with Gasteiger partial charge in [0.2, 0.25) is 5.54 Å². The second kappa shape index (κ2) is 10.6. The fourth-order valence-electron chi connectivity index (χ4n) is 5.00. The molecule has 0 bridgehead atoms. The van der Waals surface area contributed by atoms with Crippen LogP contribution in [0.4, 0.5) is 4.79 Å². The number of carbonyl (C=O) groups excluding carboxylic acids is 3. The van der Waals surface area contributed by atoms with Gasteiger partial charge in [-0.1, -0.05) is 30.0 Å². The van der Waals surface area contributed by atoms with E-state index in [0.29, 0.717) is 41.4 Å². The fraction of sp³-hybridized carbons (Fsp3) is 0.370. The Morgan fingerprint density at radius 2 is 1.97 bits per heavy atom. The van der Waals surface area contributed by atoms with Crippen LogP contribution < -0.4 is 15.4 Å². The molecule has 2 saturated heterocycles. The summed E-state index contributed by atoms with van der Waals surface area (Å²) < 4.78 is 5.23. The average molecular weight is 532 g/mol. The summed E-state index contributed by atoms with van der Waals surface area (Å²) in [6, 6.07) is 6.25. The van der Waals surface area contributed by atoms with Crippen LogP contribution in [0.15, 0.2) is 41.8 Å². The number of oxime groups is 1. The molecule has 0 aliphatic carbocycles. The molecule has 0 spiro atoms. The largest absolute Gasteiger partial charge is 0.497 e. The van der Waals surface area contributed by atoms with Gasteiger partial charge in [-0.05, 0) is 30.3 Å². The van der Waals surface area contributed by atoms with E-state index in [1.54, 1.807) is 30.5 Å². The number of pyridine rings is 1. The predicted molar refractivity (Wildman–Crippen MR) is 140 cm³/mol. The Hall–Kier alpha value is -4.63. The lowest BCUT2D eigenvalue weighted by Gasteiger charge is -2.35. The van der Waals surface area contributed by atoms with E-state index in [4.69, 9.17) is 4.74 Å². The number of fused-ring (bicyclic) bond motifs is 1. The molecule has 3 aliphatic rings. The number of amidine groups is 1. The maximum atomic E-state index is 13.1. The number of amides is 4. The zero-order valence-electron chi connectivity index (χ0n) is 21.7. The first-order valence-corrected chi connectivity index (χ1v) is 12.6. The van der Waals surface area contributed by atoms with Crippen LogP contribution in [0.25, 0.3) is 0 Å². The van der Waals surface area contributed by atoms with Crippen LogP contribution >= 0.6 is 0 Å². The first kappa shape index (κ1) is 26.0. The molecular formula is C27H29N7O5. The molecule has 5 rings (SSSR count). The lowest BCUT2D eigenvalue weighted by molar-refractivity contribution is -0.122. The molecule has 2 aromatic rings. The van der Waals surface area contributed by atoms with Crippen LogP contribution in [0.3, 0.4) is 0 Å². The third kappa shape index (κ3) is 5.08. The van der Waals surface area contributed by atoms with Crippen molar-refractivity contribution in [3.63, 3.8) is 0 Å². The van der Waals surface area contributed by atoms with Gasteiger partial charge in [0.1, 0.15) is 5.75 Å². The summed E-state index contributed by atoms with van der Waals surface area (Å²) in [7, 11) is 1.52. The monoisotopic (exact) mass is 531 g/mol. The number of carbonyl (C=O) groups is 3. The molecule has 0 unspecified atom stereocenters. The van der Waals surface area contributed by atoms with E-state index in [1.807, 2.05) is 4.90 Å². The van der Waals surface area contributed by atoms with Crippen molar-refractivity contribution in [3.8, 4) is 17.6 Å². The van der Waals surface area contributed by atoms with Gasteiger partial charge in [-0.25, -0.2) is 4.79 Å². The lowest BCUT2D eigenvalue weighted by atomic mass is 9.99. The quantitative estimate of drug-likeness (QED) is 0.126. The van der Waals surface area contributed by atoms with Gasteiger partial charge >= 0.3 is 6.03 Å². The Bertz CT molecular complexity index is 1410. The Morgan fingerprint density at radius 3 is 2.64 bits per heavy atom. The Kier molecular flexibility index (Phi) is 7.08. The van der Waals surface area contributed by atoms with E-state index < -0.39 is 17.5 Å². The van der Waals surface area contributed by atoms with Gasteiger partial charge in [0, 0.05) is 61.8 Å². The molecule has 3 aliphatic heterocycles. The maximum absolute atomic E-state index is 13.1. The second-order valence-corrected chi connectivity index (χ2v) is 9.56. The Labute approximate surface area is 225 Å². The Morgan fingerprint density at radius 1 is 1.18 bits per heavy atom. The van der Waals surface area contributed by atoms with Crippen LogP contribution in [0.1, 0.15) is 34.0 Å². The van der Waals surface area contributed by atoms with Crippen molar-refractivity contribution in [2.45, 2.75) is 19.0 Å². The number of urea groups is 1. The zero-order chi connectivity index (χ0) is 27.6. The summed E-state index contributed by atoms with van der Waals surface area (Å²) in [4.78, 5) is 48.2. The predicted octanol–water partition coefficient (Wildman–Crippen LogP) is 0.449. The number of nitrogens with zero attached hydrogens (tertiary/aromatic N) is 5. The molecule has 4 heterocycles. The van der Waals surface area contributed by atoms with E-state index >= 15 is 0 Å². The van der Waals surface area contributed by atoms with Crippen LogP contribution in [-0.4, -0.2) is 100 Å². The summed E-state index contributed by atoms with van der Waals surface area (Å²) >= 11 is 0. The maximum Gasteiger partial charge on any atom is 0.323 e. The number of rotatable bonds is 5. The number of methoxy groups -OCH3 is 1. The molecule has 4 amide bonds. The summed E-state index contributed by atoms with van der Waals surface area (Å²) in [6.45, 7) is 6.30. The van der Waals surface area contributed by atoms with Crippen LogP contribution in [0.5, 0.6) is 5.75 Å². The number of hydrogen-bond donors (Lipinski definition) is 3. The third-order valence-corrected chi connectivity index (χ3v) is 7.20. The highest BCUT2D eigenvalue weighted by atomic mass is 16.5. The van der Waals surface area contributed by atoms with E-state index in [0.717, 1.165) is 25.2 Å². The SMILES string of the molecule is CCN1CCN(/C(=N\O)c2cncc(C#C[C@]3(CN4Cc5ccc(OC)cc5C4=O)NC(=O)NC3=O)c2)CC1. The van der Waals surface area contributed by atoms with Crippen molar-refractivity contribution < 1.29 is 24.3 Å². The minimum Gasteiger partial charge on any atom is -0.497 e. The lowest BCUT2D eigenvalue weighted by Crippen LogP contribution is -2.54. The van der Waals surface area contributed by atoms with Crippen molar-refractivity contribution in [1.82, 2.24) is 30.3 Å². The standard InChI is InChI=1S/C27H29N7O5/c1-3-32-8-10-33(11-9-32)23(31-38)20-12-18(14-28-15-20)6-7-27(25(36)29-26(37)30-27)17-34-16-19-4-5-21(39-2)13-22(19)24(34)35/h4-5,12-15,38H,3,8-11,16-17H2,1-2H3,(H2,29,30,36,37)/b31-23-/t27-/m1/s1. The van der Waals surface area contributed by atoms with Crippen molar-refractivity contribution in [3.05, 3.63) is 58.9 Å². The van der Waals surface area contributed by atoms with Crippen molar-refractivity contribution >= 4 is 23.7 Å². The minimum atomic E-state index is -1.65.